The first-order valence-corrected chi connectivity index (χ1v) is 7.20. The smallest absolute Gasteiger partial charge is 0.287 e. The topological polar surface area (TPSA) is 54.3 Å². The van der Waals surface area contributed by atoms with Gasteiger partial charge in [-0.2, -0.15) is 0 Å². The van der Waals surface area contributed by atoms with Crippen LogP contribution < -0.4 is 10.6 Å². The molecule has 5 heteroatoms. The Bertz CT molecular complexity index is 603. The summed E-state index contributed by atoms with van der Waals surface area (Å²) in [5, 5.41) is 7.15. The Morgan fingerprint density at radius 3 is 3.16 bits per heavy atom. The van der Waals surface area contributed by atoms with Crippen molar-refractivity contribution in [3.63, 3.8) is 0 Å². The standard InChI is InChI=1S/C14H15BrN2O2/c15-11-3-1-2-10-6-12(19-13(10)11)14(18)17-8-9-4-5-16-7-9/h1-3,6,9,16H,4-5,7-8H2,(H,17,18). The lowest BCUT2D eigenvalue weighted by molar-refractivity contribution is 0.0922. The molecule has 1 atom stereocenters. The Morgan fingerprint density at radius 2 is 2.42 bits per heavy atom. The molecule has 1 aromatic carbocycles. The van der Waals surface area contributed by atoms with Crippen molar-refractivity contribution in [2.24, 2.45) is 5.92 Å². The van der Waals surface area contributed by atoms with E-state index in [9.17, 15) is 4.79 Å². The predicted octanol–water partition coefficient (Wildman–Crippen LogP) is 2.53. The summed E-state index contributed by atoms with van der Waals surface area (Å²) < 4.78 is 6.47. The molecule has 100 valence electrons. The molecule has 1 aliphatic heterocycles. The number of amides is 1. The van der Waals surface area contributed by atoms with Crippen LogP contribution in [0.25, 0.3) is 11.0 Å². The summed E-state index contributed by atoms with van der Waals surface area (Å²) in [6.07, 6.45) is 1.12. The molecule has 2 N–H and O–H groups in total. The number of hydrogen-bond donors (Lipinski definition) is 2. The second kappa shape index (κ2) is 5.35. The van der Waals surface area contributed by atoms with Crippen molar-refractivity contribution >= 4 is 32.8 Å². The van der Waals surface area contributed by atoms with Gasteiger partial charge in [0.25, 0.3) is 5.91 Å². The van der Waals surface area contributed by atoms with E-state index in [4.69, 9.17) is 4.42 Å². The Kier molecular flexibility index (Phi) is 3.57. The van der Waals surface area contributed by atoms with Crippen LogP contribution in [0.4, 0.5) is 0 Å². The molecule has 1 fully saturated rings. The highest BCUT2D eigenvalue weighted by atomic mass is 79.9. The molecule has 1 amide bonds. The van der Waals surface area contributed by atoms with Crippen LogP contribution in [-0.2, 0) is 0 Å². The van der Waals surface area contributed by atoms with Crippen molar-refractivity contribution < 1.29 is 9.21 Å². The average molecular weight is 323 g/mol. The first-order chi connectivity index (χ1) is 9.24. The minimum Gasteiger partial charge on any atom is -0.450 e. The van der Waals surface area contributed by atoms with Crippen molar-refractivity contribution in [3.05, 3.63) is 34.5 Å². The van der Waals surface area contributed by atoms with Crippen LogP contribution >= 0.6 is 15.9 Å². The van der Waals surface area contributed by atoms with Gasteiger partial charge in [-0.05, 0) is 53.5 Å². The van der Waals surface area contributed by atoms with E-state index in [2.05, 4.69) is 26.6 Å². The second-order valence-electron chi connectivity index (χ2n) is 4.84. The molecule has 0 aliphatic carbocycles. The van der Waals surface area contributed by atoms with Crippen molar-refractivity contribution in [2.45, 2.75) is 6.42 Å². The van der Waals surface area contributed by atoms with Crippen LogP contribution in [0.2, 0.25) is 0 Å². The maximum Gasteiger partial charge on any atom is 0.287 e. The van der Waals surface area contributed by atoms with E-state index in [1.165, 1.54) is 0 Å². The van der Waals surface area contributed by atoms with Crippen LogP contribution in [0.15, 0.2) is 33.2 Å². The third-order valence-corrected chi connectivity index (χ3v) is 4.06. The number of carbonyl (C=O) groups is 1. The third kappa shape index (κ3) is 2.67. The van der Waals surface area contributed by atoms with E-state index in [0.29, 0.717) is 18.2 Å². The van der Waals surface area contributed by atoms with E-state index in [-0.39, 0.29) is 5.91 Å². The molecule has 2 aromatic rings. The van der Waals surface area contributed by atoms with Crippen LogP contribution in [0.3, 0.4) is 0 Å². The Hall–Kier alpha value is -1.33. The maximum absolute atomic E-state index is 12.0. The number of halogens is 1. The highest BCUT2D eigenvalue weighted by molar-refractivity contribution is 9.10. The molecule has 0 spiro atoms. The fourth-order valence-corrected chi connectivity index (χ4v) is 2.81. The van der Waals surface area contributed by atoms with E-state index in [1.54, 1.807) is 6.07 Å². The Morgan fingerprint density at radius 1 is 1.53 bits per heavy atom. The Balaban J connectivity index is 1.72. The molecule has 3 rings (SSSR count). The van der Waals surface area contributed by atoms with Gasteiger partial charge in [-0.25, -0.2) is 0 Å². The highest BCUT2D eigenvalue weighted by Gasteiger charge is 2.18. The molecule has 1 unspecified atom stereocenters. The minimum absolute atomic E-state index is 0.144. The second-order valence-corrected chi connectivity index (χ2v) is 5.69. The highest BCUT2D eigenvalue weighted by Crippen LogP contribution is 2.26. The van der Waals surface area contributed by atoms with Gasteiger partial charge < -0.3 is 15.1 Å². The molecule has 4 nitrogen and oxygen atoms in total. The van der Waals surface area contributed by atoms with Crippen LogP contribution in [0.5, 0.6) is 0 Å². The predicted molar refractivity (Wildman–Crippen MR) is 77.2 cm³/mol. The van der Waals surface area contributed by atoms with E-state index in [1.807, 2.05) is 18.2 Å². The molecular weight excluding hydrogens is 308 g/mol. The summed E-state index contributed by atoms with van der Waals surface area (Å²) in [5.74, 6) is 0.753. The van der Waals surface area contributed by atoms with Gasteiger partial charge in [0.2, 0.25) is 0 Å². The molecule has 0 radical (unpaired) electrons. The molecule has 1 aromatic heterocycles. The largest absolute Gasteiger partial charge is 0.450 e. The first-order valence-electron chi connectivity index (χ1n) is 6.41. The lowest BCUT2D eigenvalue weighted by atomic mass is 10.1. The normalized spacial score (nSPS) is 18.9. The zero-order valence-corrected chi connectivity index (χ0v) is 12.0. The molecule has 2 heterocycles. The molecule has 1 saturated heterocycles. The van der Waals surface area contributed by atoms with Crippen molar-refractivity contribution in [3.8, 4) is 0 Å². The van der Waals surface area contributed by atoms with E-state index < -0.39 is 0 Å². The van der Waals surface area contributed by atoms with Crippen molar-refractivity contribution in [1.82, 2.24) is 10.6 Å². The summed E-state index contributed by atoms with van der Waals surface area (Å²) in [6, 6.07) is 7.54. The Labute approximate surface area is 119 Å². The number of furan rings is 1. The van der Waals surface area contributed by atoms with Crippen LogP contribution in [0.1, 0.15) is 17.0 Å². The average Bonchev–Trinajstić information content (AvgIpc) is 3.05. The molecular formula is C14H15BrN2O2. The zero-order chi connectivity index (χ0) is 13.2. The molecule has 0 saturated carbocycles. The van der Waals surface area contributed by atoms with Crippen LogP contribution in [0, 0.1) is 5.92 Å². The lowest BCUT2D eigenvalue weighted by Crippen LogP contribution is -2.29. The maximum atomic E-state index is 12.0. The third-order valence-electron chi connectivity index (χ3n) is 3.43. The van der Waals surface area contributed by atoms with Gasteiger partial charge in [0.05, 0.1) is 4.47 Å². The number of nitrogens with one attached hydrogen (secondary N) is 2. The minimum atomic E-state index is -0.144. The summed E-state index contributed by atoms with van der Waals surface area (Å²) in [4.78, 5) is 12.0. The van der Waals surface area contributed by atoms with Gasteiger partial charge in [-0.3, -0.25) is 4.79 Å². The van der Waals surface area contributed by atoms with E-state index >= 15 is 0 Å². The van der Waals surface area contributed by atoms with Gasteiger partial charge >= 0.3 is 0 Å². The van der Waals surface area contributed by atoms with Crippen molar-refractivity contribution in [2.75, 3.05) is 19.6 Å². The first kappa shape index (κ1) is 12.7. The summed E-state index contributed by atoms with van der Waals surface area (Å²) in [7, 11) is 0. The SMILES string of the molecule is O=C(NCC1CCNC1)c1cc2cccc(Br)c2o1. The summed E-state index contributed by atoms with van der Waals surface area (Å²) >= 11 is 3.42. The number of hydrogen-bond acceptors (Lipinski definition) is 3. The van der Waals surface area contributed by atoms with Gasteiger partial charge in [-0.1, -0.05) is 12.1 Å². The number of fused-ring (bicyclic) bond motifs is 1. The molecule has 19 heavy (non-hydrogen) atoms. The lowest BCUT2D eigenvalue weighted by Gasteiger charge is -2.08. The van der Waals surface area contributed by atoms with Gasteiger partial charge in [0.1, 0.15) is 5.58 Å². The summed E-state index contributed by atoms with van der Waals surface area (Å²) in [5.41, 5.74) is 0.718. The number of para-hydroxylation sites is 1. The number of carbonyl (C=O) groups excluding carboxylic acids is 1. The molecule has 1 aliphatic rings. The monoisotopic (exact) mass is 322 g/mol. The van der Waals surface area contributed by atoms with Gasteiger partial charge in [-0.15, -0.1) is 0 Å². The zero-order valence-electron chi connectivity index (χ0n) is 10.4. The quantitative estimate of drug-likeness (QED) is 0.913. The van der Waals surface area contributed by atoms with Crippen LogP contribution in [-0.4, -0.2) is 25.5 Å². The van der Waals surface area contributed by atoms with Crippen molar-refractivity contribution in [1.29, 1.82) is 0 Å². The van der Waals surface area contributed by atoms with E-state index in [0.717, 1.165) is 35.0 Å². The fourth-order valence-electron chi connectivity index (χ4n) is 2.35. The summed E-state index contributed by atoms with van der Waals surface area (Å²) in [6.45, 7) is 2.72. The van der Waals surface area contributed by atoms with Gasteiger partial charge in [0.15, 0.2) is 5.76 Å². The number of rotatable bonds is 3. The fraction of sp³-hybridized carbons (Fsp3) is 0.357. The van der Waals surface area contributed by atoms with Gasteiger partial charge in [0, 0.05) is 11.9 Å². The number of benzene rings is 1. The molecule has 0 bridgehead atoms.